The molecule has 0 fully saturated rings. The smallest absolute Gasteiger partial charge is 0.256 e. The van der Waals surface area contributed by atoms with Crippen molar-refractivity contribution in [3.63, 3.8) is 0 Å². The van der Waals surface area contributed by atoms with Crippen LogP contribution in [0.1, 0.15) is 16.9 Å². The van der Waals surface area contributed by atoms with Crippen molar-refractivity contribution in [3.05, 3.63) is 89.9 Å². The molecule has 0 radical (unpaired) electrons. The first-order chi connectivity index (χ1) is 11.2. The lowest BCUT2D eigenvalue weighted by Crippen LogP contribution is -2.13. The van der Waals surface area contributed by atoms with Crippen LogP contribution in [-0.4, -0.2) is 5.91 Å². The van der Waals surface area contributed by atoms with Gasteiger partial charge in [0, 0.05) is 5.69 Å². The van der Waals surface area contributed by atoms with Crippen LogP contribution in [-0.2, 0) is 4.79 Å². The number of amides is 1. The Labute approximate surface area is 135 Å². The number of hydrogen-bond acceptors (Lipinski definition) is 2. The van der Waals surface area contributed by atoms with Crippen molar-refractivity contribution in [2.45, 2.75) is 6.92 Å². The van der Waals surface area contributed by atoms with Crippen molar-refractivity contribution in [1.82, 2.24) is 0 Å². The Kier molecular flexibility index (Phi) is 4.39. The SMILES string of the molecule is Cc1ccc(NC(=O)C(=Cc2ccco2)c2ccccc2)cc1. The van der Waals surface area contributed by atoms with E-state index < -0.39 is 0 Å². The largest absolute Gasteiger partial charge is 0.465 e. The van der Waals surface area contributed by atoms with Crippen LogP contribution in [0.3, 0.4) is 0 Å². The zero-order valence-corrected chi connectivity index (χ0v) is 12.8. The zero-order chi connectivity index (χ0) is 16.1. The van der Waals surface area contributed by atoms with E-state index in [9.17, 15) is 4.79 Å². The van der Waals surface area contributed by atoms with Crippen molar-refractivity contribution < 1.29 is 9.21 Å². The first-order valence-electron chi connectivity index (χ1n) is 7.41. The van der Waals surface area contributed by atoms with Crippen LogP contribution < -0.4 is 5.32 Å². The molecule has 1 heterocycles. The van der Waals surface area contributed by atoms with Gasteiger partial charge in [-0.2, -0.15) is 0 Å². The molecule has 0 spiro atoms. The van der Waals surface area contributed by atoms with Crippen LogP contribution >= 0.6 is 0 Å². The summed E-state index contributed by atoms with van der Waals surface area (Å²) >= 11 is 0. The number of anilines is 1. The molecule has 0 aliphatic rings. The summed E-state index contributed by atoms with van der Waals surface area (Å²) in [6.07, 6.45) is 3.34. The topological polar surface area (TPSA) is 42.2 Å². The Morgan fingerprint density at radius 2 is 1.70 bits per heavy atom. The summed E-state index contributed by atoms with van der Waals surface area (Å²) in [5, 5.41) is 2.93. The molecule has 1 N–H and O–H groups in total. The molecule has 1 amide bonds. The number of benzene rings is 2. The fraction of sp³-hybridized carbons (Fsp3) is 0.0500. The maximum atomic E-state index is 12.7. The lowest BCUT2D eigenvalue weighted by Gasteiger charge is -2.09. The van der Waals surface area contributed by atoms with Crippen molar-refractivity contribution in [2.75, 3.05) is 5.32 Å². The molecule has 3 aromatic rings. The molecule has 0 saturated heterocycles. The number of carbonyl (C=O) groups is 1. The monoisotopic (exact) mass is 303 g/mol. The fourth-order valence-corrected chi connectivity index (χ4v) is 2.25. The van der Waals surface area contributed by atoms with E-state index in [0.29, 0.717) is 11.3 Å². The van der Waals surface area contributed by atoms with E-state index in [-0.39, 0.29) is 5.91 Å². The lowest BCUT2D eigenvalue weighted by molar-refractivity contribution is -0.111. The minimum Gasteiger partial charge on any atom is -0.465 e. The Morgan fingerprint density at radius 1 is 0.957 bits per heavy atom. The van der Waals surface area contributed by atoms with Gasteiger partial charge in [0.25, 0.3) is 5.91 Å². The van der Waals surface area contributed by atoms with Gasteiger partial charge in [0.2, 0.25) is 0 Å². The molecule has 0 bridgehead atoms. The summed E-state index contributed by atoms with van der Waals surface area (Å²) in [4.78, 5) is 12.7. The first kappa shape index (κ1) is 14.9. The number of hydrogen-bond donors (Lipinski definition) is 1. The van der Waals surface area contributed by atoms with Crippen LogP contribution in [0.2, 0.25) is 0 Å². The number of furan rings is 1. The van der Waals surface area contributed by atoms with Gasteiger partial charge in [-0.1, -0.05) is 48.0 Å². The van der Waals surface area contributed by atoms with Gasteiger partial charge < -0.3 is 9.73 Å². The van der Waals surface area contributed by atoms with E-state index in [1.54, 1.807) is 18.4 Å². The van der Waals surface area contributed by atoms with Crippen molar-refractivity contribution >= 4 is 23.2 Å². The molecule has 0 atom stereocenters. The van der Waals surface area contributed by atoms with Crippen molar-refractivity contribution in [3.8, 4) is 0 Å². The van der Waals surface area contributed by atoms with Crippen LogP contribution in [0.25, 0.3) is 11.6 Å². The molecule has 114 valence electrons. The molecule has 0 aliphatic carbocycles. The van der Waals surface area contributed by atoms with Crippen LogP contribution in [0.15, 0.2) is 77.4 Å². The second-order valence-electron chi connectivity index (χ2n) is 5.26. The number of rotatable bonds is 4. The molecule has 23 heavy (non-hydrogen) atoms. The molecule has 0 unspecified atom stereocenters. The Bertz CT molecular complexity index is 801. The van der Waals surface area contributed by atoms with Gasteiger partial charge in [0.15, 0.2) is 0 Å². The van der Waals surface area contributed by atoms with E-state index >= 15 is 0 Å². The normalized spacial score (nSPS) is 11.3. The van der Waals surface area contributed by atoms with Crippen molar-refractivity contribution in [2.24, 2.45) is 0 Å². The van der Waals surface area contributed by atoms with Gasteiger partial charge >= 0.3 is 0 Å². The van der Waals surface area contributed by atoms with Gasteiger partial charge in [-0.05, 0) is 42.8 Å². The molecular formula is C20H17NO2. The van der Waals surface area contributed by atoms with E-state index in [1.165, 1.54) is 0 Å². The highest BCUT2D eigenvalue weighted by atomic mass is 16.3. The average molecular weight is 303 g/mol. The second-order valence-corrected chi connectivity index (χ2v) is 5.26. The number of nitrogens with one attached hydrogen (secondary N) is 1. The molecular weight excluding hydrogens is 286 g/mol. The van der Waals surface area contributed by atoms with E-state index in [2.05, 4.69) is 5.32 Å². The van der Waals surface area contributed by atoms with Crippen LogP contribution in [0.5, 0.6) is 0 Å². The molecule has 3 nitrogen and oxygen atoms in total. The zero-order valence-electron chi connectivity index (χ0n) is 12.8. The highest BCUT2D eigenvalue weighted by molar-refractivity contribution is 6.29. The van der Waals surface area contributed by atoms with E-state index in [0.717, 1.165) is 16.8 Å². The maximum Gasteiger partial charge on any atom is 0.256 e. The first-order valence-corrected chi connectivity index (χ1v) is 7.41. The predicted octanol–water partition coefficient (Wildman–Crippen LogP) is 4.77. The molecule has 0 saturated carbocycles. The highest BCUT2D eigenvalue weighted by Gasteiger charge is 2.13. The standard InChI is InChI=1S/C20H17NO2/c1-15-9-11-17(12-10-15)21-20(22)19(14-18-8-5-13-23-18)16-6-3-2-4-7-16/h2-14H,1H3,(H,21,22). The molecule has 0 aliphatic heterocycles. The lowest BCUT2D eigenvalue weighted by atomic mass is 10.0. The van der Waals surface area contributed by atoms with Gasteiger partial charge in [0.1, 0.15) is 5.76 Å². The van der Waals surface area contributed by atoms with Crippen LogP contribution in [0, 0.1) is 6.92 Å². The summed E-state index contributed by atoms with van der Waals surface area (Å²) in [7, 11) is 0. The quantitative estimate of drug-likeness (QED) is 0.706. The third kappa shape index (κ3) is 3.77. The summed E-state index contributed by atoms with van der Waals surface area (Å²) in [6, 6.07) is 20.9. The van der Waals surface area contributed by atoms with Gasteiger partial charge in [0.05, 0.1) is 11.8 Å². The summed E-state index contributed by atoms with van der Waals surface area (Å²) in [5.41, 5.74) is 3.31. The van der Waals surface area contributed by atoms with E-state index in [1.807, 2.05) is 67.6 Å². The summed E-state index contributed by atoms with van der Waals surface area (Å²) < 4.78 is 5.35. The Morgan fingerprint density at radius 3 is 2.35 bits per heavy atom. The minimum absolute atomic E-state index is 0.170. The van der Waals surface area contributed by atoms with E-state index in [4.69, 9.17) is 4.42 Å². The minimum atomic E-state index is -0.170. The number of aryl methyl sites for hydroxylation is 1. The summed E-state index contributed by atoms with van der Waals surface area (Å²) in [5.74, 6) is 0.472. The maximum absolute atomic E-state index is 12.7. The van der Waals surface area contributed by atoms with Gasteiger partial charge in [-0.3, -0.25) is 4.79 Å². The average Bonchev–Trinajstić information content (AvgIpc) is 3.09. The third-order valence-corrected chi connectivity index (χ3v) is 3.47. The summed E-state index contributed by atoms with van der Waals surface area (Å²) in [6.45, 7) is 2.01. The second kappa shape index (κ2) is 6.79. The molecule has 1 aromatic heterocycles. The highest BCUT2D eigenvalue weighted by Crippen LogP contribution is 2.21. The molecule has 2 aromatic carbocycles. The van der Waals surface area contributed by atoms with Gasteiger partial charge in [-0.25, -0.2) is 0 Å². The molecule has 3 heteroatoms. The van der Waals surface area contributed by atoms with Crippen molar-refractivity contribution in [1.29, 1.82) is 0 Å². The third-order valence-electron chi connectivity index (χ3n) is 3.47. The van der Waals surface area contributed by atoms with Crippen LogP contribution in [0.4, 0.5) is 5.69 Å². The Balaban J connectivity index is 1.92. The number of carbonyl (C=O) groups excluding carboxylic acids is 1. The van der Waals surface area contributed by atoms with Gasteiger partial charge in [-0.15, -0.1) is 0 Å². The fourth-order valence-electron chi connectivity index (χ4n) is 2.25. The molecule has 3 rings (SSSR count). The predicted molar refractivity (Wildman–Crippen MR) is 92.8 cm³/mol. The Hall–Kier alpha value is -3.07.